The molecule has 3 N–H and O–H groups in total. The lowest BCUT2D eigenvalue weighted by Crippen LogP contribution is -2.40. The molecule has 5 nitrogen and oxygen atoms in total. The van der Waals surface area contributed by atoms with Crippen LogP contribution in [0, 0.1) is 6.92 Å². The van der Waals surface area contributed by atoms with Crippen LogP contribution in [0.2, 0.25) is 0 Å². The third-order valence-electron chi connectivity index (χ3n) is 2.88. The first kappa shape index (κ1) is 15.0. The fourth-order valence-corrected chi connectivity index (χ4v) is 1.89. The van der Waals surface area contributed by atoms with Gasteiger partial charge in [0, 0.05) is 24.3 Å². The molecule has 0 atom stereocenters. The Labute approximate surface area is 113 Å². The lowest BCUT2D eigenvalue weighted by Gasteiger charge is -2.18. The second-order valence-electron chi connectivity index (χ2n) is 4.38. The number of nitrogen functional groups attached to an aromatic ring is 1. The third kappa shape index (κ3) is 4.28. The van der Waals surface area contributed by atoms with Gasteiger partial charge >= 0.3 is 0 Å². The summed E-state index contributed by atoms with van der Waals surface area (Å²) >= 11 is 0. The number of nitrogens with zero attached hydrogens (tertiary/aromatic N) is 1. The van der Waals surface area contributed by atoms with Crippen LogP contribution in [-0.2, 0) is 4.79 Å². The van der Waals surface area contributed by atoms with E-state index in [0.717, 1.165) is 5.56 Å². The number of likely N-dealkylation sites (N-methyl/N-ethyl adjacent to an activating group) is 1. The number of hydrogen-bond donors (Lipinski definition) is 2. The van der Waals surface area contributed by atoms with Crippen LogP contribution in [-0.4, -0.2) is 36.3 Å². The molecule has 1 rings (SSSR count). The van der Waals surface area contributed by atoms with Crippen molar-refractivity contribution in [3.8, 4) is 0 Å². The molecule has 0 aliphatic rings. The Morgan fingerprint density at radius 2 is 1.84 bits per heavy atom. The van der Waals surface area contributed by atoms with E-state index >= 15 is 0 Å². The minimum atomic E-state index is -0.282. The Hall–Kier alpha value is -2.04. The van der Waals surface area contributed by atoms with Crippen LogP contribution in [0.1, 0.15) is 29.8 Å². The molecule has 1 aromatic rings. The number of hydrogen-bond acceptors (Lipinski definition) is 3. The summed E-state index contributed by atoms with van der Waals surface area (Å²) in [5.41, 5.74) is 7.62. The van der Waals surface area contributed by atoms with Crippen molar-refractivity contribution in [3.63, 3.8) is 0 Å². The van der Waals surface area contributed by atoms with Crippen LogP contribution in [0.25, 0.3) is 0 Å². The summed E-state index contributed by atoms with van der Waals surface area (Å²) in [5.74, 6) is -0.366. The number of anilines is 1. The van der Waals surface area contributed by atoms with Crippen LogP contribution < -0.4 is 11.1 Å². The van der Waals surface area contributed by atoms with Crippen LogP contribution in [0.5, 0.6) is 0 Å². The molecule has 104 valence electrons. The second-order valence-corrected chi connectivity index (χ2v) is 4.38. The highest BCUT2D eigenvalue weighted by Gasteiger charge is 2.12. The molecule has 0 fully saturated rings. The number of benzene rings is 1. The van der Waals surface area contributed by atoms with E-state index in [9.17, 15) is 9.59 Å². The molecule has 5 heteroatoms. The Kier molecular flexibility index (Phi) is 5.36. The summed E-state index contributed by atoms with van der Waals surface area (Å²) in [4.78, 5) is 25.3. The molecule has 0 unspecified atom stereocenters. The average Bonchev–Trinajstić information content (AvgIpc) is 2.36. The largest absolute Gasteiger partial charge is 0.399 e. The Morgan fingerprint density at radius 1 is 1.21 bits per heavy atom. The summed E-state index contributed by atoms with van der Waals surface area (Å²) in [7, 11) is 0. The minimum absolute atomic E-state index is 0.00829. The van der Waals surface area contributed by atoms with Gasteiger partial charge in [0.05, 0.1) is 6.54 Å². The van der Waals surface area contributed by atoms with Crippen molar-refractivity contribution in [2.45, 2.75) is 20.8 Å². The molecular formula is C14H21N3O2. The summed E-state index contributed by atoms with van der Waals surface area (Å²) < 4.78 is 0. The molecule has 0 heterocycles. The molecule has 0 spiro atoms. The number of carbonyl (C=O) groups excluding carboxylic acids is 2. The van der Waals surface area contributed by atoms with E-state index in [4.69, 9.17) is 5.73 Å². The first-order valence-electron chi connectivity index (χ1n) is 6.41. The van der Waals surface area contributed by atoms with Gasteiger partial charge in [-0.15, -0.1) is 0 Å². The maximum Gasteiger partial charge on any atom is 0.251 e. The molecule has 1 aromatic carbocycles. The number of aryl methyl sites for hydroxylation is 1. The highest BCUT2D eigenvalue weighted by atomic mass is 16.2. The van der Waals surface area contributed by atoms with Gasteiger partial charge in [0.15, 0.2) is 0 Å². The third-order valence-corrected chi connectivity index (χ3v) is 2.88. The van der Waals surface area contributed by atoms with Gasteiger partial charge in [0.2, 0.25) is 5.91 Å². The molecule has 0 aliphatic carbocycles. The lowest BCUT2D eigenvalue weighted by atomic mass is 10.1. The standard InChI is InChI=1S/C14H21N3O2/c1-4-17(5-2)13(18)9-16-14(19)11-6-10(3)7-12(15)8-11/h6-8H,4-5,9,15H2,1-3H3,(H,16,19). The molecule has 0 radical (unpaired) electrons. The van der Waals surface area contributed by atoms with Gasteiger partial charge in [0.25, 0.3) is 5.91 Å². The zero-order valence-electron chi connectivity index (χ0n) is 11.7. The van der Waals surface area contributed by atoms with Crippen molar-refractivity contribution < 1.29 is 9.59 Å². The lowest BCUT2D eigenvalue weighted by molar-refractivity contribution is -0.129. The van der Waals surface area contributed by atoms with Crippen molar-refractivity contribution in [1.82, 2.24) is 10.2 Å². The molecule has 0 bridgehead atoms. The summed E-state index contributed by atoms with van der Waals surface area (Å²) in [6, 6.07) is 5.13. The summed E-state index contributed by atoms with van der Waals surface area (Å²) in [5, 5.41) is 2.62. The number of rotatable bonds is 5. The Morgan fingerprint density at radius 3 is 2.37 bits per heavy atom. The van der Waals surface area contributed by atoms with Crippen molar-refractivity contribution in [3.05, 3.63) is 29.3 Å². The predicted molar refractivity (Wildman–Crippen MR) is 75.9 cm³/mol. The van der Waals surface area contributed by atoms with Crippen molar-refractivity contribution in [2.24, 2.45) is 0 Å². The van der Waals surface area contributed by atoms with Gasteiger partial charge in [-0.3, -0.25) is 9.59 Å². The first-order valence-corrected chi connectivity index (χ1v) is 6.41. The van der Waals surface area contributed by atoms with Gasteiger partial charge in [-0.2, -0.15) is 0 Å². The normalized spacial score (nSPS) is 10.1. The van der Waals surface area contributed by atoms with E-state index in [-0.39, 0.29) is 18.4 Å². The second kappa shape index (κ2) is 6.78. The van der Waals surface area contributed by atoms with Gasteiger partial charge in [-0.05, 0) is 44.5 Å². The number of amides is 2. The maximum absolute atomic E-state index is 11.9. The van der Waals surface area contributed by atoms with Crippen molar-refractivity contribution in [1.29, 1.82) is 0 Å². The van der Waals surface area contributed by atoms with Crippen LogP contribution in [0.15, 0.2) is 18.2 Å². The number of nitrogens with one attached hydrogen (secondary N) is 1. The molecule has 0 aromatic heterocycles. The molecular weight excluding hydrogens is 242 g/mol. The summed E-state index contributed by atoms with van der Waals surface area (Å²) in [6.45, 7) is 6.97. The van der Waals surface area contributed by atoms with Gasteiger partial charge in [-0.1, -0.05) is 0 Å². The first-order chi connectivity index (χ1) is 8.97. The highest BCUT2D eigenvalue weighted by molar-refractivity contribution is 5.97. The fraction of sp³-hybridized carbons (Fsp3) is 0.429. The predicted octanol–water partition coefficient (Wildman–Crippen LogP) is 1.18. The van der Waals surface area contributed by atoms with E-state index in [1.807, 2.05) is 20.8 Å². The zero-order chi connectivity index (χ0) is 14.4. The molecule has 19 heavy (non-hydrogen) atoms. The van der Waals surface area contributed by atoms with E-state index in [1.165, 1.54) is 0 Å². The monoisotopic (exact) mass is 263 g/mol. The molecule has 2 amide bonds. The smallest absolute Gasteiger partial charge is 0.251 e. The van der Waals surface area contributed by atoms with E-state index in [2.05, 4.69) is 5.32 Å². The summed E-state index contributed by atoms with van der Waals surface area (Å²) in [6.07, 6.45) is 0. The Bertz CT molecular complexity index is 448. The van der Waals surface area contributed by atoms with Crippen LogP contribution in [0.4, 0.5) is 5.69 Å². The SMILES string of the molecule is CCN(CC)C(=O)CNC(=O)c1cc(C)cc(N)c1. The Balaban J connectivity index is 2.63. The van der Waals surface area contributed by atoms with Crippen LogP contribution >= 0.6 is 0 Å². The minimum Gasteiger partial charge on any atom is -0.399 e. The van der Waals surface area contributed by atoms with Gasteiger partial charge in [0.1, 0.15) is 0 Å². The average molecular weight is 263 g/mol. The highest BCUT2D eigenvalue weighted by Crippen LogP contribution is 2.10. The van der Waals surface area contributed by atoms with Gasteiger partial charge in [-0.25, -0.2) is 0 Å². The number of nitrogens with two attached hydrogens (primary N) is 1. The van der Waals surface area contributed by atoms with Crippen LogP contribution in [0.3, 0.4) is 0 Å². The zero-order valence-corrected chi connectivity index (χ0v) is 11.7. The maximum atomic E-state index is 11.9. The molecule has 0 saturated heterocycles. The van der Waals surface area contributed by atoms with Crippen molar-refractivity contribution in [2.75, 3.05) is 25.4 Å². The fourth-order valence-electron chi connectivity index (χ4n) is 1.89. The number of carbonyl (C=O) groups is 2. The van der Waals surface area contributed by atoms with E-state index in [0.29, 0.717) is 24.3 Å². The topological polar surface area (TPSA) is 75.4 Å². The molecule has 0 saturated carbocycles. The van der Waals surface area contributed by atoms with Crippen molar-refractivity contribution >= 4 is 17.5 Å². The van der Waals surface area contributed by atoms with E-state index in [1.54, 1.807) is 23.1 Å². The molecule has 0 aliphatic heterocycles. The van der Waals surface area contributed by atoms with Gasteiger partial charge < -0.3 is 16.0 Å². The quantitative estimate of drug-likeness (QED) is 0.783. The van der Waals surface area contributed by atoms with E-state index < -0.39 is 0 Å².